The minimum atomic E-state index is -0.675. The van der Waals surface area contributed by atoms with Crippen LogP contribution in [-0.4, -0.2) is 22.0 Å². The Morgan fingerprint density at radius 2 is 1.73 bits per heavy atom. The first-order valence-electron chi connectivity index (χ1n) is 11.7. The highest BCUT2D eigenvalue weighted by molar-refractivity contribution is 9.10. The summed E-state index contributed by atoms with van der Waals surface area (Å²) < 4.78 is 7.09. The van der Waals surface area contributed by atoms with Crippen molar-refractivity contribution in [2.24, 2.45) is 5.92 Å². The van der Waals surface area contributed by atoms with Crippen LogP contribution in [0.4, 0.5) is 5.69 Å². The van der Waals surface area contributed by atoms with Gasteiger partial charge in [-0.1, -0.05) is 87.1 Å². The SMILES string of the molecule is Cc1ccc(N2C(=O)C3Sc4[nH]c(=O)sc4[C@H](c4cc(Br)ccc4OCc4ccccc4)C3C2=O)cc1. The number of nitrogens with zero attached hydrogens (tertiary/aromatic N) is 1. The van der Waals surface area contributed by atoms with Gasteiger partial charge in [-0.3, -0.25) is 14.4 Å². The lowest BCUT2D eigenvalue weighted by Gasteiger charge is -2.31. The number of amides is 2. The highest BCUT2D eigenvalue weighted by Crippen LogP contribution is 2.54. The van der Waals surface area contributed by atoms with Crippen molar-refractivity contribution in [3.05, 3.63) is 109 Å². The van der Waals surface area contributed by atoms with Gasteiger partial charge in [-0.05, 0) is 42.8 Å². The lowest BCUT2D eigenvalue weighted by atomic mass is 9.82. The predicted molar refractivity (Wildman–Crippen MR) is 149 cm³/mol. The molecule has 0 radical (unpaired) electrons. The number of thioether (sulfide) groups is 1. The molecular formula is C28H21BrN2O4S2. The molecule has 1 N–H and O–H groups in total. The number of benzene rings is 3. The minimum absolute atomic E-state index is 0.209. The fourth-order valence-corrected chi connectivity index (χ4v) is 7.81. The number of aromatic amines is 1. The summed E-state index contributed by atoms with van der Waals surface area (Å²) in [6, 6.07) is 22.9. The number of nitrogens with one attached hydrogen (secondary N) is 1. The van der Waals surface area contributed by atoms with Crippen molar-refractivity contribution >= 4 is 56.5 Å². The Kier molecular flexibility index (Phi) is 6.30. The summed E-state index contributed by atoms with van der Waals surface area (Å²) in [7, 11) is 0. The van der Waals surface area contributed by atoms with Crippen LogP contribution in [0.2, 0.25) is 0 Å². The molecule has 0 spiro atoms. The first-order valence-corrected chi connectivity index (χ1v) is 14.2. The molecule has 37 heavy (non-hydrogen) atoms. The second-order valence-corrected chi connectivity index (χ2v) is 12.1. The number of carbonyl (C=O) groups excluding carboxylic acids is 2. The zero-order chi connectivity index (χ0) is 25.7. The molecule has 6 rings (SSSR count). The second kappa shape index (κ2) is 9.63. The number of aryl methyl sites for hydroxylation is 1. The van der Waals surface area contributed by atoms with Crippen LogP contribution < -0.4 is 14.5 Å². The number of fused-ring (bicyclic) bond motifs is 2. The third kappa shape index (κ3) is 4.35. The smallest absolute Gasteiger partial charge is 0.305 e. The van der Waals surface area contributed by atoms with Gasteiger partial charge in [0.2, 0.25) is 11.8 Å². The van der Waals surface area contributed by atoms with E-state index in [1.807, 2.05) is 67.6 Å². The molecule has 1 aromatic heterocycles. The maximum Gasteiger partial charge on any atom is 0.305 e. The van der Waals surface area contributed by atoms with Crippen LogP contribution in [0, 0.1) is 12.8 Å². The normalized spacial score (nSPS) is 20.6. The highest BCUT2D eigenvalue weighted by Gasteiger charge is 2.56. The second-order valence-electron chi connectivity index (χ2n) is 9.05. The molecule has 2 unspecified atom stereocenters. The summed E-state index contributed by atoms with van der Waals surface area (Å²) in [5.41, 5.74) is 3.38. The molecular weight excluding hydrogens is 572 g/mol. The average molecular weight is 594 g/mol. The molecule has 2 amide bonds. The van der Waals surface area contributed by atoms with Crippen LogP contribution in [0.25, 0.3) is 0 Å². The molecule has 1 fully saturated rings. The molecule has 0 saturated carbocycles. The Labute approximate surface area is 229 Å². The monoisotopic (exact) mass is 592 g/mol. The number of halogens is 1. The van der Waals surface area contributed by atoms with Crippen molar-refractivity contribution in [3.8, 4) is 5.75 Å². The molecule has 9 heteroatoms. The first kappa shape index (κ1) is 24.2. The molecule has 2 aliphatic rings. The lowest BCUT2D eigenvalue weighted by molar-refractivity contribution is -0.122. The maximum atomic E-state index is 14.0. The maximum absolute atomic E-state index is 14.0. The number of thiazole rings is 1. The molecule has 186 valence electrons. The number of hydrogen-bond acceptors (Lipinski definition) is 6. The van der Waals surface area contributed by atoms with Gasteiger partial charge in [-0.15, -0.1) is 0 Å². The molecule has 3 heterocycles. The van der Waals surface area contributed by atoms with Gasteiger partial charge in [0.15, 0.2) is 0 Å². The molecule has 0 aliphatic carbocycles. The van der Waals surface area contributed by atoms with E-state index in [9.17, 15) is 14.4 Å². The van der Waals surface area contributed by atoms with Gasteiger partial charge in [-0.25, -0.2) is 4.90 Å². The lowest BCUT2D eigenvalue weighted by Crippen LogP contribution is -2.32. The van der Waals surface area contributed by atoms with Crippen molar-refractivity contribution in [2.45, 2.75) is 29.7 Å². The van der Waals surface area contributed by atoms with Crippen molar-refractivity contribution in [2.75, 3.05) is 4.90 Å². The molecule has 3 atom stereocenters. The van der Waals surface area contributed by atoms with E-state index >= 15 is 0 Å². The fraction of sp³-hybridized carbons (Fsp3) is 0.179. The van der Waals surface area contributed by atoms with E-state index in [4.69, 9.17) is 4.74 Å². The molecule has 0 bridgehead atoms. The number of hydrogen-bond donors (Lipinski definition) is 1. The summed E-state index contributed by atoms with van der Waals surface area (Å²) in [5.74, 6) is -1.11. The number of carbonyl (C=O) groups is 2. The Hall–Kier alpha value is -3.14. The fourth-order valence-electron chi connectivity index (χ4n) is 4.93. The first-order chi connectivity index (χ1) is 17.9. The molecule has 3 aromatic carbocycles. The molecule has 6 nitrogen and oxygen atoms in total. The molecule has 4 aromatic rings. The van der Waals surface area contributed by atoms with Crippen molar-refractivity contribution < 1.29 is 14.3 Å². The van der Waals surface area contributed by atoms with Gasteiger partial charge < -0.3 is 9.72 Å². The molecule has 1 saturated heterocycles. The van der Waals surface area contributed by atoms with Crippen LogP contribution in [0.5, 0.6) is 5.75 Å². The van der Waals surface area contributed by atoms with Crippen LogP contribution in [-0.2, 0) is 16.2 Å². The Balaban J connectivity index is 1.45. The van der Waals surface area contributed by atoms with Gasteiger partial charge in [0.05, 0.1) is 16.6 Å². The third-order valence-electron chi connectivity index (χ3n) is 6.66. The molecule has 2 aliphatic heterocycles. The predicted octanol–water partition coefficient (Wildman–Crippen LogP) is 5.88. The van der Waals surface area contributed by atoms with Crippen molar-refractivity contribution in [1.82, 2.24) is 4.98 Å². The van der Waals surface area contributed by atoms with Crippen LogP contribution in [0.1, 0.15) is 27.5 Å². The van der Waals surface area contributed by atoms with E-state index in [-0.39, 0.29) is 16.7 Å². The van der Waals surface area contributed by atoms with E-state index in [0.717, 1.165) is 37.4 Å². The quantitative estimate of drug-likeness (QED) is 0.293. The largest absolute Gasteiger partial charge is 0.489 e. The number of rotatable bonds is 5. The standard InChI is InChI=1S/C28H21BrN2O4S2/c1-15-7-10-18(11-8-15)31-26(32)22-21(23-25(30-28(34)37-23)36-24(22)27(31)33)19-13-17(29)9-12-20(19)35-14-16-5-3-2-4-6-16/h2-13,21-22,24H,14H2,1H3,(H,30,34)/t21-,22?,24?/m1/s1. The Morgan fingerprint density at radius 1 is 0.973 bits per heavy atom. The summed E-state index contributed by atoms with van der Waals surface area (Å²) in [6.07, 6.45) is 0. The summed E-state index contributed by atoms with van der Waals surface area (Å²) >= 11 is 5.93. The van der Waals surface area contributed by atoms with E-state index in [2.05, 4.69) is 20.9 Å². The Bertz CT molecular complexity index is 1570. The number of aromatic nitrogens is 1. The van der Waals surface area contributed by atoms with E-state index in [1.165, 1.54) is 16.7 Å². The summed E-state index contributed by atoms with van der Waals surface area (Å²) in [5, 5.41) is -0.0142. The number of anilines is 1. The van der Waals surface area contributed by atoms with Crippen LogP contribution in [0.3, 0.4) is 0 Å². The van der Waals surface area contributed by atoms with E-state index in [0.29, 0.717) is 23.1 Å². The number of imide groups is 1. The zero-order valence-electron chi connectivity index (χ0n) is 19.6. The number of H-pyrrole nitrogens is 1. The zero-order valence-corrected chi connectivity index (χ0v) is 22.9. The van der Waals surface area contributed by atoms with Gasteiger partial charge >= 0.3 is 4.87 Å². The van der Waals surface area contributed by atoms with Crippen LogP contribution >= 0.6 is 39.0 Å². The van der Waals surface area contributed by atoms with Crippen molar-refractivity contribution in [1.29, 1.82) is 0 Å². The summed E-state index contributed by atoms with van der Waals surface area (Å²) in [6.45, 7) is 2.31. The number of ether oxygens (including phenoxy) is 1. The summed E-state index contributed by atoms with van der Waals surface area (Å²) in [4.78, 5) is 44.8. The third-order valence-corrected chi connectivity index (χ3v) is 9.55. The topological polar surface area (TPSA) is 79.5 Å². The Morgan fingerprint density at radius 3 is 2.49 bits per heavy atom. The van der Waals surface area contributed by atoms with Gasteiger partial charge in [0.1, 0.15) is 17.6 Å². The minimum Gasteiger partial charge on any atom is -0.489 e. The van der Waals surface area contributed by atoms with Gasteiger partial charge in [0.25, 0.3) is 0 Å². The highest BCUT2D eigenvalue weighted by atomic mass is 79.9. The van der Waals surface area contributed by atoms with Crippen molar-refractivity contribution in [3.63, 3.8) is 0 Å². The van der Waals surface area contributed by atoms with Crippen LogP contribution in [0.15, 0.2) is 87.1 Å². The average Bonchev–Trinajstić information content (AvgIpc) is 3.39. The van der Waals surface area contributed by atoms with E-state index in [1.54, 1.807) is 12.1 Å². The van der Waals surface area contributed by atoms with E-state index < -0.39 is 17.1 Å². The van der Waals surface area contributed by atoms with Gasteiger partial charge in [0, 0.05) is 20.8 Å². The van der Waals surface area contributed by atoms with Gasteiger partial charge in [-0.2, -0.15) is 0 Å².